The van der Waals surface area contributed by atoms with Crippen LogP contribution in [0, 0.1) is 0 Å². The van der Waals surface area contributed by atoms with Gasteiger partial charge in [0.25, 0.3) is 0 Å². The van der Waals surface area contributed by atoms with E-state index in [1.54, 1.807) is 19.2 Å². The zero-order chi connectivity index (χ0) is 17.0. The van der Waals surface area contributed by atoms with Crippen molar-refractivity contribution < 1.29 is 17.9 Å². The Labute approximate surface area is 132 Å². The summed E-state index contributed by atoms with van der Waals surface area (Å²) < 4.78 is 32.3. The molecule has 6 nitrogen and oxygen atoms in total. The van der Waals surface area contributed by atoms with E-state index in [2.05, 4.69) is 10.0 Å². The fourth-order valence-electron chi connectivity index (χ4n) is 1.95. The number of ether oxygens (including phenoxy) is 1. The number of hydrogen-bond donors (Lipinski definition) is 2. The molecule has 0 aromatic heterocycles. The fraction of sp³-hybridized carbons (Fsp3) is 0.533. The molecular formula is C15H24N2O4S. The Kier molecular flexibility index (Phi) is 5.96. The number of nitrogens with one attached hydrogen (secondary N) is 2. The summed E-state index contributed by atoms with van der Waals surface area (Å²) in [5.41, 5.74) is 0.576. The third-order valence-electron chi connectivity index (χ3n) is 3.08. The molecule has 1 aromatic rings. The number of methoxy groups -OCH3 is 1. The van der Waals surface area contributed by atoms with Crippen molar-refractivity contribution in [1.29, 1.82) is 0 Å². The van der Waals surface area contributed by atoms with Crippen molar-refractivity contribution in [3.63, 3.8) is 0 Å². The van der Waals surface area contributed by atoms with Crippen LogP contribution in [0.1, 0.15) is 33.3 Å². The molecular weight excluding hydrogens is 304 g/mol. The summed E-state index contributed by atoms with van der Waals surface area (Å²) in [6, 6.07) is 4.79. The van der Waals surface area contributed by atoms with Crippen LogP contribution in [0.2, 0.25) is 0 Å². The minimum absolute atomic E-state index is 0.138. The molecule has 0 unspecified atom stereocenters. The van der Waals surface area contributed by atoms with Crippen molar-refractivity contribution in [2.45, 2.75) is 38.0 Å². The Balaban J connectivity index is 2.98. The van der Waals surface area contributed by atoms with Gasteiger partial charge in [-0.3, -0.25) is 4.79 Å². The highest BCUT2D eigenvalue weighted by atomic mass is 32.2. The van der Waals surface area contributed by atoms with E-state index in [0.29, 0.717) is 5.75 Å². The van der Waals surface area contributed by atoms with E-state index in [0.717, 1.165) is 5.56 Å². The molecule has 7 heteroatoms. The van der Waals surface area contributed by atoms with Gasteiger partial charge < -0.3 is 10.1 Å². The van der Waals surface area contributed by atoms with Gasteiger partial charge in [0.1, 0.15) is 5.75 Å². The Morgan fingerprint density at radius 1 is 1.23 bits per heavy atom. The van der Waals surface area contributed by atoms with E-state index in [1.165, 1.54) is 13.0 Å². The normalized spacial score (nSPS) is 12.0. The third-order valence-corrected chi connectivity index (χ3v) is 4.54. The first-order chi connectivity index (χ1) is 10.1. The molecule has 0 saturated heterocycles. The van der Waals surface area contributed by atoms with Crippen molar-refractivity contribution in [1.82, 2.24) is 10.0 Å². The average molecular weight is 328 g/mol. The van der Waals surface area contributed by atoms with Gasteiger partial charge in [-0.05, 0) is 23.6 Å². The molecule has 0 heterocycles. The van der Waals surface area contributed by atoms with Crippen LogP contribution in [-0.2, 0) is 20.2 Å². The Bertz CT molecular complexity index is 633. The van der Waals surface area contributed by atoms with Crippen LogP contribution in [0.3, 0.4) is 0 Å². The van der Waals surface area contributed by atoms with Gasteiger partial charge in [0, 0.05) is 25.6 Å². The molecule has 0 radical (unpaired) electrons. The lowest BCUT2D eigenvalue weighted by Gasteiger charge is -2.23. The lowest BCUT2D eigenvalue weighted by molar-refractivity contribution is -0.118. The van der Waals surface area contributed by atoms with Crippen LogP contribution in [0.5, 0.6) is 5.75 Å². The van der Waals surface area contributed by atoms with Gasteiger partial charge in [0.05, 0.1) is 12.0 Å². The van der Waals surface area contributed by atoms with Crippen molar-refractivity contribution in [3.8, 4) is 5.75 Å². The lowest BCUT2D eigenvalue weighted by Crippen LogP contribution is -2.33. The van der Waals surface area contributed by atoms with Gasteiger partial charge in [-0.2, -0.15) is 0 Å². The third kappa shape index (κ3) is 4.99. The molecule has 124 valence electrons. The standard InChI is InChI=1S/C15H24N2O4S/c1-11(18)16-8-9-17-22(19,20)12-6-7-14(21-5)13(10-12)15(2,3)4/h6-7,10,17H,8-9H2,1-5H3,(H,16,18). The quantitative estimate of drug-likeness (QED) is 0.773. The maximum absolute atomic E-state index is 12.3. The Morgan fingerprint density at radius 3 is 2.36 bits per heavy atom. The van der Waals surface area contributed by atoms with Crippen molar-refractivity contribution in [3.05, 3.63) is 23.8 Å². The number of hydrogen-bond acceptors (Lipinski definition) is 4. The number of rotatable bonds is 6. The van der Waals surface area contributed by atoms with Crippen LogP contribution in [0.4, 0.5) is 0 Å². The molecule has 0 saturated carbocycles. The number of sulfonamides is 1. The van der Waals surface area contributed by atoms with Crippen molar-refractivity contribution in [2.75, 3.05) is 20.2 Å². The molecule has 22 heavy (non-hydrogen) atoms. The Hall–Kier alpha value is -1.60. The molecule has 1 aromatic carbocycles. The Morgan fingerprint density at radius 2 is 1.86 bits per heavy atom. The van der Waals surface area contributed by atoms with Crippen LogP contribution < -0.4 is 14.8 Å². The van der Waals surface area contributed by atoms with Crippen molar-refractivity contribution >= 4 is 15.9 Å². The molecule has 0 aliphatic heterocycles. The highest BCUT2D eigenvalue weighted by Gasteiger charge is 2.22. The van der Waals surface area contributed by atoms with E-state index >= 15 is 0 Å². The first-order valence-corrected chi connectivity index (χ1v) is 8.49. The molecule has 0 spiro atoms. The number of carbonyl (C=O) groups excluding carboxylic acids is 1. The van der Waals surface area contributed by atoms with Gasteiger partial charge in [0.2, 0.25) is 15.9 Å². The minimum Gasteiger partial charge on any atom is -0.496 e. The van der Waals surface area contributed by atoms with Crippen LogP contribution >= 0.6 is 0 Å². The van der Waals surface area contributed by atoms with Gasteiger partial charge in [-0.15, -0.1) is 0 Å². The topological polar surface area (TPSA) is 84.5 Å². The predicted octanol–water partition coefficient (Wildman–Crippen LogP) is 1.41. The van der Waals surface area contributed by atoms with Crippen LogP contribution in [0.15, 0.2) is 23.1 Å². The van der Waals surface area contributed by atoms with Crippen molar-refractivity contribution in [2.24, 2.45) is 0 Å². The highest BCUT2D eigenvalue weighted by Crippen LogP contribution is 2.33. The zero-order valence-corrected chi connectivity index (χ0v) is 14.5. The van der Waals surface area contributed by atoms with Gasteiger partial charge in [-0.1, -0.05) is 20.8 Å². The van der Waals surface area contributed by atoms with Gasteiger partial charge in [0.15, 0.2) is 0 Å². The predicted molar refractivity (Wildman–Crippen MR) is 85.6 cm³/mol. The first-order valence-electron chi connectivity index (χ1n) is 7.00. The van der Waals surface area contributed by atoms with E-state index in [9.17, 15) is 13.2 Å². The second kappa shape index (κ2) is 7.11. The molecule has 0 bridgehead atoms. The lowest BCUT2D eigenvalue weighted by atomic mass is 9.86. The summed E-state index contributed by atoms with van der Waals surface area (Å²) >= 11 is 0. The molecule has 0 aliphatic rings. The maximum Gasteiger partial charge on any atom is 0.240 e. The summed E-state index contributed by atoms with van der Waals surface area (Å²) in [4.78, 5) is 10.9. The van der Waals surface area contributed by atoms with Crippen LogP contribution in [0.25, 0.3) is 0 Å². The zero-order valence-electron chi connectivity index (χ0n) is 13.7. The molecule has 0 aliphatic carbocycles. The minimum atomic E-state index is -3.62. The van der Waals surface area contributed by atoms with Gasteiger partial charge in [-0.25, -0.2) is 13.1 Å². The second-order valence-electron chi connectivity index (χ2n) is 5.99. The summed E-state index contributed by atoms with van der Waals surface area (Å²) in [5, 5.41) is 2.54. The molecule has 1 rings (SSSR count). The molecule has 0 fully saturated rings. The average Bonchev–Trinajstić information content (AvgIpc) is 2.41. The highest BCUT2D eigenvalue weighted by molar-refractivity contribution is 7.89. The summed E-state index contributed by atoms with van der Waals surface area (Å²) in [6.07, 6.45) is 0. The summed E-state index contributed by atoms with van der Waals surface area (Å²) in [5.74, 6) is 0.461. The second-order valence-corrected chi connectivity index (χ2v) is 7.76. The first kappa shape index (κ1) is 18.4. The maximum atomic E-state index is 12.3. The number of amides is 1. The molecule has 0 atom stereocenters. The monoisotopic (exact) mass is 328 g/mol. The van der Waals surface area contributed by atoms with Gasteiger partial charge >= 0.3 is 0 Å². The van der Waals surface area contributed by atoms with E-state index in [-0.39, 0.29) is 29.3 Å². The summed E-state index contributed by atoms with van der Waals surface area (Å²) in [6.45, 7) is 7.74. The largest absolute Gasteiger partial charge is 0.496 e. The number of carbonyl (C=O) groups is 1. The number of benzene rings is 1. The van der Waals surface area contributed by atoms with E-state index in [1.807, 2.05) is 20.8 Å². The fourth-order valence-corrected chi connectivity index (χ4v) is 3.01. The smallest absolute Gasteiger partial charge is 0.240 e. The summed E-state index contributed by atoms with van der Waals surface area (Å²) in [7, 11) is -2.06. The SMILES string of the molecule is COc1ccc(S(=O)(=O)NCCNC(C)=O)cc1C(C)(C)C. The molecule has 2 N–H and O–H groups in total. The van der Waals surface area contributed by atoms with E-state index in [4.69, 9.17) is 4.74 Å². The van der Waals surface area contributed by atoms with Crippen LogP contribution in [-0.4, -0.2) is 34.5 Å². The van der Waals surface area contributed by atoms with E-state index < -0.39 is 10.0 Å². The molecule has 1 amide bonds.